The van der Waals surface area contributed by atoms with Crippen molar-refractivity contribution in [1.82, 2.24) is 9.21 Å². The molecular formula is C19H21FN2O3S2. The molecule has 0 radical (unpaired) electrons. The van der Waals surface area contributed by atoms with Gasteiger partial charge in [0.05, 0.1) is 0 Å². The fraction of sp³-hybridized carbons (Fsp3) is 0.421. The molecule has 5 nitrogen and oxygen atoms in total. The van der Waals surface area contributed by atoms with Gasteiger partial charge < -0.3 is 4.90 Å². The van der Waals surface area contributed by atoms with E-state index in [9.17, 15) is 17.6 Å². The molecule has 1 aromatic carbocycles. The molecule has 1 spiro atoms. The van der Waals surface area contributed by atoms with E-state index in [4.69, 9.17) is 0 Å². The Balaban J connectivity index is 1.50. The molecule has 3 heterocycles. The number of thiophene rings is 1. The van der Waals surface area contributed by atoms with Gasteiger partial charge in [-0.1, -0.05) is 18.2 Å². The van der Waals surface area contributed by atoms with Gasteiger partial charge >= 0.3 is 0 Å². The molecule has 1 aromatic heterocycles. The first-order valence-corrected chi connectivity index (χ1v) is 11.3. The second-order valence-electron chi connectivity index (χ2n) is 7.17. The molecule has 2 aromatic rings. The van der Waals surface area contributed by atoms with Crippen molar-refractivity contribution in [3.8, 4) is 0 Å². The van der Waals surface area contributed by atoms with Crippen LogP contribution in [0.3, 0.4) is 0 Å². The number of rotatable bonds is 4. The van der Waals surface area contributed by atoms with E-state index in [2.05, 4.69) is 0 Å². The predicted octanol–water partition coefficient (Wildman–Crippen LogP) is 3.23. The zero-order valence-corrected chi connectivity index (χ0v) is 16.4. The molecule has 1 amide bonds. The second-order valence-corrected chi connectivity index (χ2v) is 10.3. The summed E-state index contributed by atoms with van der Waals surface area (Å²) in [5, 5.41) is 1.76. The van der Waals surface area contributed by atoms with Crippen LogP contribution >= 0.6 is 11.3 Å². The predicted molar refractivity (Wildman–Crippen MR) is 101 cm³/mol. The van der Waals surface area contributed by atoms with Crippen molar-refractivity contribution >= 4 is 27.3 Å². The number of likely N-dealkylation sites (tertiary alicyclic amines) is 1. The van der Waals surface area contributed by atoms with Gasteiger partial charge in [0.15, 0.2) is 0 Å². The number of piperidine rings is 1. The van der Waals surface area contributed by atoms with E-state index in [-0.39, 0.29) is 17.3 Å². The van der Waals surface area contributed by atoms with Crippen molar-refractivity contribution in [3.05, 3.63) is 53.2 Å². The second kappa shape index (κ2) is 7.00. The summed E-state index contributed by atoms with van der Waals surface area (Å²) in [6.07, 6.45) is 2.49. The maximum Gasteiger partial charge on any atom is 0.252 e. The van der Waals surface area contributed by atoms with Crippen LogP contribution in [0.2, 0.25) is 0 Å². The highest BCUT2D eigenvalue weighted by Gasteiger charge is 2.48. The lowest BCUT2D eigenvalue weighted by Gasteiger charge is -2.44. The maximum atomic E-state index is 13.2. The number of carbonyl (C=O) groups is 1. The molecule has 144 valence electrons. The van der Waals surface area contributed by atoms with E-state index in [1.54, 1.807) is 29.6 Å². The van der Waals surface area contributed by atoms with Crippen LogP contribution in [-0.4, -0.2) is 42.2 Å². The molecule has 0 aliphatic carbocycles. The fourth-order valence-corrected chi connectivity index (χ4v) is 6.69. The molecule has 0 atom stereocenters. The number of sulfonamides is 1. The Hall–Kier alpha value is -1.77. The maximum absolute atomic E-state index is 13.2. The minimum absolute atomic E-state index is 0.0916. The van der Waals surface area contributed by atoms with Gasteiger partial charge in [0.2, 0.25) is 5.91 Å². The first-order chi connectivity index (χ1) is 12.9. The first-order valence-electron chi connectivity index (χ1n) is 8.99. The van der Waals surface area contributed by atoms with E-state index < -0.39 is 10.0 Å². The third kappa shape index (κ3) is 3.41. The summed E-state index contributed by atoms with van der Waals surface area (Å²) < 4.78 is 40.5. The quantitative estimate of drug-likeness (QED) is 0.780. The van der Waals surface area contributed by atoms with Crippen molar-refractivity contribution in [2.24, 2.45) is 0 Å². The minimum Gasteiger partial charge on any atom is -0.333 e. The summed E-state index contributed by atoms with van der Waals surface area (Å²) in [5.41, 5.74) is 0.590. The summed E-state index contributed by atoms with van der Waals surface area (Å²) in [7, 11) is -3.45. The standard InChI is InChI=1S/C19H21FN2O3S2/c20-16-5-3-15(4-6-16)14-22-17(23)7-8-19(22)9-11-21(12-10-19)27(24,25)18-2-1-13-26-18/h1-6,13H,7-12,14H2. The molecule has 4 rings (SSSR count). The first kappa shape index (κ1) is 18.6. The van der Waals surface area contributed by atoms with E-state index in [1.165, 1.54) is 27.8 Å². The SMILES string of the molecule is O=C1CCC2(CCN(S(=O)(=O)c3cccs3)CC2)N1Cc1ccc(F)cc1. The van der Waals surface area contributed by atoms with Crippen LogP contribution in [0, 0.1) is 5.82 Å². The largest absolute Gasteiger partial charge is 0.333 e. The van der Waals surface area contributed by atoms with Gasteiger partial charge in [0, 0.05) is 31.6 Å². The third-order valence-corrected chi connectivity index (χ3v) is 8.95. The molecule has 0 unspecified atom stereocenters. The van der Waals surface area contributed by atoms with Crippen molar-refractivity contribution in [2.45, 2.75) is 42.0 Å². The number of hydrogen-bond acceptors (Lipinski definition) is 4. The average molecular weight is 409 g/mol. The van der Waals surface area contributed by atoms with Crippen LogP contribution < -0.4 is 0 Å². The highest BCUT2D eigenvalue weighted by atomic mass is 32.2. The topological polar surface area (TPSA) is 57.7 Å². The lowest BCUT2D eigenvalue weighted by Crippen LogP contribution is -2.53. The normalized spacial score (nSPS) is 20.5. The Kier molecular flexibility index (Phi) is 4.82. The highest BCUT2D eigenvalue weighted by molar-refractivity contribution is 7.91. The zero-order valence-electron chi connectivity index (χ0n) is 14.8. The smallest absolute Gasteiger partial charge is 0.252 e. The van der Waals surface area contributed by atoms with Gasteiger partial charge in [-0.3, -0.25) is 4.79 Å². The summed E-state index contributed by atoms with van der Waals surface area (Å²) in [5.74, 6) is -0.206. The Bertz CT molecular complexity index is 918. The zero-order chi connectivity index (χ0) is 19.1. The lowest BCUT2D eigenvalue weighted by molar-refractivity contribution is -0.133. The number of benzene rings is 1. The number of hydrogen-bond donors (Lipinski definition) is 0. The van der Waals surface area contributed by atoms with Gasteiger partial charge in [-0.05, 0) is 48.4 Å². The van der Waals surface area contributed by atoms with Crippen LogP contribution in [-0.2, 0) is 21.4 Å². The lowest BCUT2D eigenvalue weighted by atomic mass is 9.85. The summed E-state index contributed by atoms with van der Waals surface area (Å²) in [6, 6.07) is 9.57. The Morgan fingerprint density at radius 3 is 2.41 bits per heavy atom. The third-order valence-electron chi connectivity index (χ3n) is 5.67. The summed E-state index contributed by atoms with van der Waals surface area (Å²) in [6.45, 7) is 1.26. The van der Waals surface area contributed by atoms with Crippen molar-refractivity contribution in [3.63, 3.8) is 0 Å². The Labute approximate surface area is 162 Å². The number of amides is 1. The molecular weight excluding hydrogens is 387 g/mol. The number of nitrogens with zero attached hydrogens (tertiary/aromatic N) is 2. The molecule has 0 N–H and O–H groups in total. The molecule has 2 saturated heterocycles. The number of halogens is 1. The van der Waals surface area contributed by atoms with E-state index in [0.717, 1.165) is 12.0 Å². The molecule has 0 saturated carbocycles. The molecule has 2 aliphatic heterocycles. The monoisotopic (exact) mass is 408 g/mol. The molecule has 8 heteroatoms. The van der Waals surface area contributed by atoms with Crippen LogP contribution in [0.1, 0.15) is 31.2 Å². The van der Waals surface area contributed by atoms with Crippen LogP contribution in [0.15, 0.2) is 46.0 Å². The van der Waals surface area contributed by atoms with E-state index in [0.29, 0.717) is 43.1 Å². The summed E-state index contributed by atoms with van der Waals surface area (Å²) in [4.78, 5) is 14.4. The van der Waals surface area contributed by atoms with Crippen LogP contribution in [0.25, 0.3) is 0 Å². The van der Waals surface area contributed by atoms with Crippen molar-refractivity contribution < 1.29 is 17.6 Å². The van der Waals surface area contributed by atoms with Gasteiger partial charge in [-0.15, -0.1) is 11.3 Å². The van der Waals surface area contributed by atoms with Gasteiger partial charge in [-0.2, -0.15) is 4.31 Å². The Morgan fingerprint density at radius 2 is 1.78 bits per heavy atom. The summed E-state index contributed by atoms with van der Waals surface area (Å²) >= 11 is 1.23. The fourth-order valence-electron chi connectivity index (χ4n) is 4.10. The van der Waals surface area contributed by atoms with E-state index >= 15 is 0 Å². The van der Waals surface area contributed by atoms with Crippen molar-refractivity contribution in [1.29, 1.82) is 0 Å². The molecule has 2 fully saturated rings. The number of carbonyl (C=O) groups excluding carboxylic acids is 1. The van der Waals surface area contributed by atoms with Gasteiger partial charge in [-0.25, -0.2) is 12.8 Å². The minimum atomic E-state index is -3.45. The molecule has 0 bridgehead atoms. The van der Waals surface area contributed by atoms with E-state index in [1.807, 2.05) is 4.90 Å². The van der Waals surface area contributed by atoms with Gasteiger partial charge in [0.1, 0.15) is 10.0 Å². The van der Waals surface area contributed by atoms with Gasteiger partial charge in [0.25, 0.3) is 10.0 Å². The average Bonchev–Trinajstić information content (AvgIpc) is 3.30. The van der Waals surface area contributed by atoms with Crippen LogP contribution in [0.4, 0.5) is 4.39 Å². The van der Waals surface area contributed by atoms with Crippen LogP contribution in [0.5, 0.6) is 0 Å². The molecule has 2 aliphatic rings. The molecule has 27 heavy (non-hydrogen) atoms. The Morgan fingerprint density at radius 1 is 1.07 bits per heavy atom. The van der Waals surface area contributed by atoms with Crippen molar-refractivity contribution in [2.75, 3.05) is 13.1 Å². The highest BCUT2D eigenvalue weighted by Crippen LogP contribution is 2.41.